The second-order valence-corrected chi connectivity index (χ2v) is 4.70. The molecular formula is C12H19N3OS. The van der Waals surface area contributed by atoms with Crippen LogP contribution in [0, 0.1) is 0 Å². The number of aliphatic imine (C=N–C) groups is 1. The maximum atomic E-state index is 5.76. The summed E-state index contributed by atoms with van der Waals surface area (Å²) in [5.41, 5.74) is 13.2. The van der Waals surface area contributed by atoms with E-state index in [9.17, 15) is 0 Å². The van der Waals surface area contributed by atoms with Crippen molar-refractivity contribution in [3.8, 4) is 5.75 Å². The molecule has 17 heavy (non-hydrogen) atoms. The molecule has 0 heterocycles. The molecule has 1 aromatic carbocycles. The van der Waals surface area contributed by atoms with E-state index in [0.29, 0.717) is 11.7 Å². The third kappa shape index (κ3) is 4.28. The first kappa shape index (κ1) is 13.9. The zero-order valence-electron chi connectivity index (χ0n) is 10.3. The van der Waals surface area contributed by atoms with E-state index in [0.717, 1.165) is 29.2 Å². The summed E-state index contributed by atoms with van der Waals surface area (Å²) in [5.74, 6) is 1.73. The van der Waals surface area contributed by atoms with Crippen LogP contribution in [0.2, 0.25) is 0 Å². The topological polar surface area (TPSA) is 73.6 Å². The Labute approximate surface area is 106 Å². The van der Waals surface area contributed by atoms with Crippen LogP contribution in [0.1, 0.15) is 12.5 Å². The fraction of sp³-hybridized carbons (Fsp3) is 0.417. The highest BCUT2D eigenvalue weighted by atomic mass is 32.2. The van der Waals surface area contributed by atoms with Crippen LogP contribution in [0.4, 0.5) is 5.69 Å². The highest BCUT2D eigenvalue weighted by Gasteiger charge is 2.03. The van der Waals surface area contributed by atoms with Gasteiger partial charge in [-0.2, -0.15) is 0 Å². The SMILES string of the molecule is CCSC(N)=Nc1ccc(CCN)c(OC)c1. The first-order valence-corrected chi connectivity index (χ1v) is 6.53. The van der Waals surface area contributed by atoms with Crippen LogP contribution in [-0.4, -0.2) is 24.6 Å². The monoisotopic (exact) mass is 253 g/mol. The molecule has 0 saturated carbocycles. The number of benzene rings is 1. The van der Waals surface area contributed by atoms with Crippen LogP contribution in [0.15, 0.2) is 23.2 Å². The number of rotatable bonds is 5. The lowest BCUT2D eigenvalue weighted by molar-refractivity contribution is 0.410. The lowest BCUT2D eigenvalue weighted by atomic mass is 10.1. The van der Waals surface area contributed by atoms with Gasteiger partial charge < -0.3 is 16.2 Å². The molecule has 5 heteroatoms. The van der Waals surface area contributed by atoms with Crippen molar-refractivity contribution in [3.05, 3.63) is 23.8 Å². The van der Waals surface area contributed by atoms with Crippen molar-refractivity contribution >= 4 is 22.6 Å². The van der Waals surface area contributed by atoms with Gasteiger partial charge in [0, 0.05) is 6.07 Å². The maximum Gasteiger partial charge on any atom is 0.159 e. The summed E-state index contributed by atoms with van der Waals surface area (Å²) in [7, 11) is 1.65. The van der Waals surface area contributed by atoms with Gasteiger partial charge >= 0.3 is 0 Å². The number of amidine groups is 1. The summed E-state index contributed by atoms with van der Waals surface area (Å²) in [4.78, 5) is 4.30. The van der Waals surface area contributed by atoms with Crippen LogP contribution in [0.3, 0.4) is 0 Å². The first-order valence-electron chi connectivity index (χ1n) is 5.55. The van der Waals surface area contributed by atoms with Crippen molar-refractivity contribution < 1.29 is 4.74 Å². The molecule has 1 rings (SSSR count). The predicted molar refractivity (Wildman–Crippen MR) is 75.2 cm³/mol. The van der Waals surface area contributed by atoms with Gasteiger partial charge in [0.05, 0.1) is 12.8 Å². The predicted octanol–water partition coefficient (Wildman–Crippen LogP) is 1.90. The minimum Gasteiger partial charge on any atom is -0.496 e. The smallest absolute Gasteiger partial charge is 0.159 e. The Kier molecular flexibility index (Phi) is 5.86. The van der Waals surface area contributed by atoms with E-state index in [-0.39, 0.29) is 0 Å². The second-order valence-electron chi connectivity index (χ2n) is 3.42. The largest absolute Gasteiger partial charge is 0.496 e. The highest BCUT2D eigenvalue weighted by molar-refractivity contribution is 8.13. The Morgan fingerprint density at radius 2 is 2.24 bits per heavy atom. The van der Waals surface area contributed by atoms with E-state index in [1.165, 1.54) is 11.8 Å². The van der Waals surface area contributed by atoms with Gasteiger partial charge in [-0.15, -0.1) is 0 Å². The number of ether oxygens (including phenoxy) is 1. The maximum absolute atomic E-state index is 5.76. The summed E-state index contributed by atoms with van der Waals surface area (Å²) < 4.78 is 5.31. The molecule has 0 aliphatic rings. The normalized spacial score (nSPS) is 11.6. The molecule has 0 spiro atoms. The molecule has 4 nitrogen and oxygen atoms in total. The van der Waals surface area contributed by atoms with E-state index in [1.807, 2.05) is 25.1 Å². The minimum absolute atomic E-state index is 0.570. The Hall–Kier alpha value is -1.20. The van der Waals surface area contributed by atoms with Gasteiger partial charge in [-0.1, -0.05) is 24.8 Å². The highest BCUT2D eigenvalue weighted by Crippen LogP contribution is 2.25. The van der Waals surface area contributed by atoms with Gasteiger partial charge in [0.25, 0.3) is 0 Å². The van der Waals surface area contributed by atoms with Gasteiger partial charge in [-0.25, -0.2) is 4.99 Å². The van der Waals surface area contributed by atoms with E-state index >= 15 is 0 Å². The molecule has 94 valence electrons. The number of hydrogen-bond donors (Lipinski definition) is 2. The van der Waals surface area contributed by atoms with Gasteiger partial charge in [-0.05, 0) is 30.3 Å². The van der Waals surface area contributed by atoms with Gasteiger partial charge in [0.2, 0.25) is 0 Å². The minimum atomic E-state index is 0.570. The van der Waals surface area contributed by atoms with E-state index < -0.39 is 0 Å². The molecule has 0 unspecified atom stereocenters. The van der Waals surface area contributed by atoms with Crippen LogP contribution >= 0.6 is 11.8 Å². The van der Waals surface area contributed by atoms with E-state index in [1.54, 1.807) is 7.11 Å². The molecule has 0 saturated heterocycles. The lowest BCUT2D eigenvalue weighted by Crippen LogP contribution is -2.06. The average molecular weight is 253 g/mol. The molecule has 4 N–H and O–H groups in total. The molecule has 0 aromatic heterocycles. The first-order chi connectivity index (χ1) is 8.21. The Morgan fingerprint density at radius 3 is 2.82 bits per heavy atom. The molecule has 1 aromatic rings. The fourth-order valence-electron chi connectivity index (χ4n) is 1.47. The summed E-state index contributed by atoms with van der Waals surface area (Å²) >= 11 is 1.52. The summed E-state index contributed by atoms with van der Waals surface area (Å²) in [5, 5.41) is 0.570. The van der Waals surface area contributed by atoms with Crippen molar-refractivity contribution in [1.82, 2.24) is 0 Å². The summed E-state index contributed by atoms with van der Waals surface area (Å²) in [6.45, 7) is 2.64. The molecule has 0 amide bonds. The number of methoxy groups -OCH3 is 1. The molecular weight excluding hydrogens is 234 g/mol. The molecule has 0 bridgehead atoms. The van der Waals surface area contributed by atoms with Crippen molar-refractivity contribution in [2.45, 2.75) is 13.3 Å². The number of hydrogen-bond acceptors (Lipinski definition) is 4. The third-order valence-electron chi connectivity index (χ3n) is 2.22. The second kappa shape index (κ2) is 7.19. The van der Waals surface area contributed by atoms with Crippen LogP contribution in [0.5, 0.6) is 5.75 Å². The molecule has 0 radical (unpaired) electrons. The van der Waals surface area contributed by atoms with Crippen LogP contribution < -0.4 is 16.2 Å². The third-order valence-corrected chi connectivity index (χ3v) is 2.89. The molecule has 0 fully saturated rings. The summed E-state index contributed by atoms with van der Waals surface area (Å²) in [6, 6.07) is 5.79. The Bertz CT molecular complexity index is 393. The van der Waals surface area contributed by atoms with Crippen LogP contribution in [-0.2, 0) is 6.42 Å². The van der Waals surface area contributed by atoms with Crippen molar-refractivity contribution in [2.75, 3.05) is 19.4 Å². The Morgan fingerprint density at radius 1 is 1.47 bits per heavy atom. The fourth-order valence-corrected chi connectivity index (χ4v) is 1.94. The number of thioether (sulfide) groups is 1. The van der Waals surface area contributed by atoms with Gasteiger partial charge in [-0.3, -0.25) is 0 Å². The van der Waals surface area contributed by atoms with Gasteiger partial charge in [0.15, 0.2) is 5.17 Å². The standard InChI is InChI=1S/C12H19N3OS/c1-3-17-12(14)15-10-5-4-9(6-7-13)11(8-10)16-2/h4-5,8H,3,6-7,13H2,1-2H3,(H2,14,15). The molecule has 0 aliphatic heterocycles. The number of nitrogens with two attached hydrogens (primary N) is 2. The van der Waals surface area contributed by atoms with Crippen LogP contribution in [0.25, 0.3) is 0 Å². The zero-order valence-corrected chi connectivity index (χ0v) is 11.1. The van der Waals surface area contributed by atoms with Crippen molar-refractivity contribution in [2.24, 2.45) is 16.5 Å². The number of nitrogens with zero attached hydrogens (tertiary/aromatic N) is 1. The Balaban J connectivity index is 2.92. The molecule has 0 atom stereocenters. The van der Waals surface area contributed by atoms with Crippen molar-refractivity contribution in [3.63, 3.8) is 0 Å². The van der Waals surface area contributed by atoms with E-state index in [4.69, 9.17) is 16.2 Å². The average Bonchev–Trinajstić information content (AvgIpc) is 2.31. The van der Waals surface area contributed by atoms with Gasteiger partial charge in [0.1, 0.15) is 5.75 Å². The lowest BCUT2D eigenvalue weighted by Gasteiger charge is -2.08. The quantitative estimate of drug-likeness (QED) is 0.621. The molecule has 0 aliphatic carbocycles. The van der Waals surface area contributed by atoms with E-state index in [2.05, 4.69) is 4.99 Å². The zero-order chi connectivity index (χ0) is 12.7. The summed E-state index contributed by atoms with van der Waals surface area (Å²) in [6.07, 6.45) is 0.798. The van der Waals surface area contributed by atoms with Crippen molar-refractivity contribution in [1.29, 1.82) is 0 Å².